The van der Waals surface area contributed by atoms with Crippen LogP contribution in [0.5, 0.6) is 5.75 Å². The molecule has 0 unspecified atom stereocenters. The molecule has 0 aliphatic carbocycles. The fraction of sp³-hybridized carbons (Fsp3) is 0.357. The van der Waals surface area contributed by atoms with Gasteiger partial charge in [0.1, 0.15) is 5.75 Å². The van der Waals surface area contributed by atoms with Crippen LogP contribution in [0, 0.1) is 11.3 Å². The molecule has 0 saturated carbocycles. The van der Waals surface area contributed by atoms with Crippen molar-refractivity contribution in [2.75, 3.05) is 13.2 Å². The van der Waals surface area contributed by atoms with E-state index in [-0.39, 0.29) is 13.0 Å². The van der Waals surface area contributed by atoms with Crippen molar-refractivity contribution in [1.29, 1.82) is 5.26 Å². The SMILES string of the molecule is C[C@H](Oc1ccc(Br)cc1)C(=O)OCC(=O)NCCC#N. The van der Waals surface area contributed by atoms with Crippen LogP contribution < -0.4 is 10.1 Å². The predicted octanol–water partition coefficient (Wildman–Crippen LogP) is 1.79. The molecule has 0 aliphatic heterocycles. The topological polar surface area (TPSA) is 88.4 Å². The molecule has 1 atom stereocenters. The van der Waals surface area contributed by atoms with E-state index >= 15 is 0 Å². The highest BCUT2D eigenvalue weighted by atomic mass is 79.9. The fourth-order valence-electron chi connectivity index (χ4n) is 1.33. The number of hydrogen-bond donors (Lipinski definition) is 1. The highest BCUT2D eigenvalue weighted by Gasteiger charge is 2.17. The number of carbonyl (C=O) groups is 2. The van der Waals surface area contributed by atoms with Crippen molar-refractivity contribution in [1.82, 2.24) is 5.32 Å². The Hall–Kier alpha value is -2.07. The van der Waals surface area contributed by atoms with Crippen LogP contribution in [-0.2, 0) is 14.3 Å². The second-order valence-corrected chi connectivity index (χ2v) is 5.00. The smallest absolute Gasteiger partial charge is 0.347 e. The van der Waals surface area contributed by atoms with E-state index in [1.165, 1.54) is 6.92 Å². The summed E-state index contributed by atoms with van der Waals surface area (Å²) in [5.41, 5.74) is 0. The van der Waals surface area contributed by atoms with E-state index < -0.39 is 24.6 Å². The molecule has 0 radical (unpaired) electrons. The molecule has 0 aromatic heterocycles. The summed E-state index contributed by atoms with van der Waals surface area (Å²) in [5.74, 6) is -0.552. The number of nitriles is 1. The lowest BCUT2D eigenvalue weighted by molar-refractivity contribution is -0.154. The molecule has 1 rings (SSSR count). The number of nitrogens with zero attached hydrogens (tertiary/aromatic N) is 1. The average molecular weight is 355 g/mol. The van der Waals surface area contributed by atoms with E-state index in [4.69, 9.17) is 14.7 Å². The fourth-order valence-corrected chi connectivity index (χ4v) is 1.59. The van der Waals surface area contributed by atoms with Crippen molar-refractivity contribution in [3.8, 4) is 11.8 Å². The standard InChI is InChI=1S/C14H15BrN2O4/c1-10(21-12-5-3-11(15)4-6-12)14(19)20-9-13(18)17-8-2-7-16/h3-6,10H,2,8-9H2,1H3,(H,17,18)/t10-/m0/s1. The zero-order chi connectivity index (χ0) is 15.7. The maximum Gasteiger partial charge on any atom is 0.347 e. The van der Waals surface area contributed by atoms with Crippen LogP contribution in [-0.4, -0.2) is 31.1 Å². The van der Waals surface area contributed by atoms with Gasteiger partial charge in [-0.05, 0) is 31.2 Å². The van der Waals surface area contributed by atoms with Gasteiger partial charge < -0.3 is 14.8 Å². The Bertz CT molecular complexity index is 525. The van der Waals surface area contributed by atoms with Crippen LogP contribution >= 0.6 is 15.9 Å². The Balaban J connectivity index is 2.32. The number of esters is 1. The number of rotatable bonds is 7. The van der Waals surface area contributed by atoms with Gasteiger partial charge in [-0.2, -0.15) is 5.26 Å². The molecule has 112 valence electrons. The third-order valence-electron chi connectivity index (χ3n) is 2.36. The molecule has 1 amide bonds. The number of ether oxygens (including phenoxy) is 2. The second-order valence-electron chi connectivity index (χ2n) is 4.08. The lowest BCUT2D eigenvalue weighted by atomic mass is 10.3. The average Bonchev–Trinajstić information content (AvgIpc) is 2.47. The van der Waals surface area contributed by atoms with Gasteiger partial charge in [-0.1, -0.05) is 15.9 Å². The summed E-state index contributed by atoms with van der Waals surface area (Å²) in [6.45, 7) is 1.38. The van der Waals surface area contributed by atoms with E-state index in [2.05, 4.69) is 21.2 Å². The van der Waals surface area contributed by atoms with Crippen molar-refractivity contribution in [2.24, 2.45) is 0 Å². The van der Waals surface area contributed by atoms with Crippen molar-refractivity contribution in [3.05, 3.63) is 28.7 Å². The molecule has 0 saturated heterocycles. The number of carbonyl (C=O) groups excluding carboxylic acids is 2. The molecule has 7 heteroatoms. The van der Waals surface area contributed by atoms with Crippen LogP contribution in [0.3, 0.4) is 0 Å². The summed E-state index contributed by atoms with van der Waals surface area (Å²) in [7, 11) is 0. The molecule has 1 aromatic carbocycles. The maximum absolute atomic E-state index is 11.7. The van der Waals surface area contributed by atoms with Crippen LogP contribution in [0.1, 0.15) is 13.3 Å². The Morgan fingerprint density at radius 3 is 2.67 bits per heavy atom. The van der Waals surface area contributed by atoms with Gasteiger partial charge in [-0.3, -0.25) is 4.79 Å². The summed E-state index contributed by atoms with van der Waals surface area (Å²) in [5, 5.41) is 10.8. The van der Waals surface area contributed by atoms with Gasteiger partial charge in [-0.25, -0.2) is 4.79 Å². The summed E-state index contributed by atoms with van der Waals surface area (Å²) in [4.78, 5) is 23.0. The summed E-state index contributed by atoms with van der Waals surface area (Å²) in [6, 6.07) is 8.89. The van der Waals surface area contributed by atoms with Crippen molar-refractivity contribution in [3.63, 3.8) is 0 Å². The maximum atomic E-state index is 11.7. The van der Waals surface area contributed by atoms with E-state index in [1.807, 2.05) is 6.07 Å². The number of nitrogens with one attached hydrogen (secondary N) is 1. The van der Waals surface area contributed by atoms with Gasteiger partial charge in [-0.15, -0.1) is 0 Å². The van der Waals surface area contributed by atoms with Crippen molar-refractivity contribution >= 4 is 27.8 Å². The lowest BCUT2D eigenvalue weighted by Crippen LogP contribution is -2.33. The van der Waals surface area contributed by atoms with Crippen LogP contribution in [0.2, 0.25) is 0 Å². The molecule has 0 aliphatic rings. The van der Waals surface area contributed by atoms with Gasteiger partial charge >= 0.3 is 5.97 Å². The lowest BCUT2D eigenvalue weighted by Gasteiger charge is -2.13. The molecule has 0 heterocycles. The van der Waals surface area contributed by atoms with E-state index in [0.29, 0.717) is 5.75 Å². The van der Waals surface area contributed by atoms with Crippen molar-refractivity contribution in [2.45, 2.75) is 19.4 Å². The van der Waals surface area contributed by atoms with Crippen LogP contribution in [0.15, 0.2) is 28.7 Å². The third kappa shape index (κ3) is 6.77. The molecular weight excluding hydrogens is 340 g/mol. The first kappa shape index (κ1) is 17.0. The first-order chi connectivity index (χ1) is 10.0. The molecule has 1 aromatic rings. The zero-order valence-corrected chi connectivity index (χ0v) is 13.1. The molecule has 0 bridgehead atoms. The normalized spacial score (nSPS) is 11.1. The Labute approximate surface area is 131 Å². The quantitative estimate of drug-likeness (QED) is 0.595. The summed E-state index contributed by atoms with van der Waals surface area (Å²) < 4.78 is 11.1. The molecule has 6 nitrogen and oxygen atoms in total. The second kappa shape index (κ2) is 8.97. The molecule has 0 spiro atoms. The van der Waals surface area contributed by atoms with Gasteiger partial charge in [0.25, 0.3) is 5.91 Å². The molecule has 1 N–H and O–H groups in total. The Kier molecular flexibility index (Phi) is 7.26. The molecular formula is C14H15BrN2O4. The predicted molar refractivity (Wildman–Crippen MR) is 78.4 cm³/mol. The Morgan fingerprint density at radius 1 is 1.38 bits per heavy atom. The molecule has 0 fully saturated rings. The van der Waals surface area contributed by atoms with E-state index in [9.17, 15) is 9.59 Å². The van der Waals surface area contributed by atoms with E-state index in [1.54, 1.807) is 24.3 Å². The minimum Gasteiger partial charge on any atom is -0.479 e. The number of amides is 1. The van der Waals surface area contributed by atoms with Gasteiger partial charge in [0.2, 0.25) is 0 Å². The summed E-state index contributed by atoms with van der Waals surface area (Å²) in [6.07, 6.45) is -0.610. The first-order valence-corrected chi connectivity index (χ1v) is 7.04. The highest BCUT2D eigenvalue weighted by molar-refractivity contribution is 9.10. The van der Waals surface area contributed by atoms with Gasteiger partial charge in [0, 0.05) is 11.0 Å². The first-order valence-electron chi connectivity index (χ1n) is 6.25. The minimum absolute atomic E-state index is 0.211. The van der Waals surface area contributed by atoms with Gasteiger partial charge in [0.15, 0.2) is 12.7 Å². The highest BCUT2D eigenvalue weighted by Crippen LogP contribution is 2.17. The number of benzene rings is 1. The van der Waals surface area contributed by atoms with Crippen LogP contribution in [0.25, 0.3) is 0 Å². The number of hydrogen-bond acceptors (Lipinski definition) is 5. The van der Waals surface area contributed by atoms with E-state index in [0.717, 1.165) is 4.47 Å². The molecule has 21 heavy (non-hydrogen) atoms. The monoisotopic (exact) mass is 354 g/mol. The largest absolute Gasteiger partial charge is 0.479 e. The third-order valence-corrected chi connectivity index (χ3v) is 2.89. The number of halogens is 1. The van der Waals surface area contributed by atoms with Gasteiger partial charge in [0.05, 0.1) is 12.5 Å². The zero-order valence-electron chi connectivity index (χ0n) is 11.5. The van der Waals surface area contributed by atoms with Crippen LogP contribution in [0.4, 0.5) is 0 Å². The summed E-state index contributed by atoms with van der Waals surface area (Å²) >= 11 is 3.30. The van der Waals surface area contributed by atoms with Crippen molar-refractivity contribution < 1.29 is 19.1 Å². The minimum atomic E-state index is -0.821. The Morgan fingerprint density at radius 2 is 2.05 bits per heavy atom.